The van der Waals surface area contributed by atoms with Crippen molar-refractivity contribution in [2.45, 2.75) is 25.0 Å². The Hall–Kier alpha value is -1.14. The minimum atomic E-state index is -0.653. The second-order valence-electron chi connectivity index (χ2n) is 3.25. The molecule has 1 amide bonds. The van der Waals surface area contributed by atoms with Gasteiger partial charge in [-0.3, -0.25) is 4.79 Å². The van der Waals surface area contributed by atoms with E-state index in [1.807, 2.05) is 19.9 Å². The first-order valence-corrected chi connectivity index (χ1v) is 5.47. The second-order valence-corrected chi connectivity index (χ2v) is 4.24. The third kappa shape index (κ3) is 3.85. The summed E-state index contributed by atoms with van der Waals surface area (Å²) in [5.41, 5.74) is 12.3. The number of aromatic nitrogens is 2. The number of thioether (sulfide) groups is 1. The smallest absolute Gasteiger partial charge is 0.235 e. The molecule has 0 aliphatic carbocycles. The zero-order valence-electron chi connectivity index (χ0n) is 8.73. The Balaban J connectivity index is 2.61. The maximum Gasteiger partial charge on any atom is 0.235 e. The Bertz CT molecular complexity index is 349. The van der Waals surface area contributed by atoms with Crippen LogP contribution in [0.3, 0.4) is 0 Å². The highest BCUT2D eigenvalue weighted by atomic mass is 32.2. The SMILES string of the molecule is Cc1cc(C)nc(SCC(N)C(N)=O)n1. The number of aryl methyl sites for hydroxylation is 2. The first-order valence-electron chi connectivity index (χ1n) is 4.49. The summed E-state index contributed by atoms with van der Waals surface area (Å²) in [5, 5.41) is 0.629. The molecule has 0 saturated heterocycles. The van der Waals surface area contributed by atoms with Crippen molar-refractivity contribution in [3.63, 3.8) is 0 Å². The molecule has 82 valence electrons. The first-order chi connectivity index (χ1) is 6.99. The van der Waals surface area contributed by atoms with Crippen LogP contribution in [0.5, 0.6) is 0 Å². The molecule has 0 radical (unpaired) electrons. The van der Waals surface area contributed by atoms with Gasteiger partial charge in [0.25, 0.3) is 0 Å². The number of hydrogen-bond acceptors (Lipinski definition) is 5. The fraction of sp³-hybridized carbons (Fsp3) is 0.444. The molecule has 0 fully saturated rings. The highest BCUT2D eigenvalue weighted by molar-refractivity contribution is 7.99. The van der Waals surface area contributed by atoms with Gasteiger partial charge in [0, 0.05) is 17.1 Å². The van der Waals surface area contributed by atoms with Crippen molar-refractivity contribution < 1.29 is 4.79 Å². The molecule has 0 aromatic carbocycles. The van der Waals surface area contributed by atoms with Crippen LogP contribution in [0, 0.1) is 13.8 Å². The van der Waals surface area contributed by atoms with Gasteiger partial charge in [-0.2, -0.15) is 0 Å². The number of carbonyl (C=O) groups excluding carboxylic acids is 1. The van der Waals surface area contributed by atoms with Crippen LogP contribution in [-0.2, 0) is 4.79 Å². The van der Waals surface area contributed by atoms with E-state index >= 15 is 0 Å². The van der Waals surface area contributed by atoms with Crippen LogP contribution in [0.1, 0.15) is 11.4 Å². The molecule has 1 heterocycles. The van der Waals surface area contributed by atoms with Crippen LogP contribution in [-0.4, -0.2) is 27.7 Å². The molecule has 1 rings (SSSR count). The average Bonchev–Trinajstić information content (AvgIpc) is 2.12. The standard InChI is InChI=1S/C9H14N4OS/c1-5-3-6(2)13-9(12-5)15-4-7(10)8(11)14/h3,7H,4,10H2,1-2H3,(H2,11,14). The fourth-order valence-corrected chi connectivity index (χ4v) is 1.91. The van der Waals surface area contributed by atoms with Crippen molar-refractivity contribution in [1.82, 2.24) is 9.97 Å². The lowest BCUT2D eigenvalue weighted by atomic mass is 10.3. The molecule has 0 aliphatic heterocycles. The molecule has 1 unspecified atom stereocenters. The Morgan fingerprint density at radius 2 is 2.00 bits per heavy atom. The van der Waals surface area contributed by atoms with Gasteiger partial charge in [0.05, 0.1) is 6.04 Å². The molecule has 5 nitrogen and oxygen atoms in total. The lowest BCUT2D eigenvalue weighted by Gasteiger charge is -2.06. The zero-order chi connectivity index (χ0) is 11.4. The summed E-state index contributed by atoms with van der Waals surface area (Å²) in [6.45, 7) is 3.79. The summed E-state index contributed by atoms with van der Waals surface area (Å²) in [7, 11) is 0. The van der Waals surface area contributed by atoms with E-state index in [1.165, 1.54) is 11.8 Å². The summed E-state index contributed by atoms with van der Waals surface area (Å²) in [4.78, 5) is 19.1. The molecule has 1 atom stereocenters. The van der Waals surface area contributed by atoms with Gasteiger partial charge in [-0.05, 0) is 19.9 Å². The summed E-state index contributed by atoms with van der Waals surface area (Å²) in [6, 6.07) is 1.23. The van der Waals surface area contributed by atoms with Crippen LogP contribution >= 0.6 is 11.8 Å². The number of nitrogens with two attached hydrogens (primary N) is 2. The van der Waals surface area contributed by atoms with E-state index in [4.69, 9.17) is 11.5 Å². The predicted octanol–water partition coefficient (Wildman–Crippen LogP) is -0.00186. The second kappa shape index (κ2) is 5.09. The Morgan fingerprint density at radius 1 is 1.47 bits per heavy atom. The quantitative estimate of drug-likeness (QED) is 0.556. The minimum absolute atomic E-state index is 0.401. The van der Waals surface area contributed by atoms with E-state index in [-0.39, 0.29) is 0 Å². The van der Waals surface area contributed by atoms with Gasteiger partial charge in [-0.15, -0.1) is 0 Å². The van der Waals surface area contributed by atoms with Crippen molar-refractivity contribution in [2.75, 3.05) is 5.75 Å². The topological polar surface area (TPSA) is 94.9 Å². The van der Waals surface area contributed by atoms with Gasteiger partial charge in [-0.1, -0.05) is 11.8 Å². The molecule has 1 aromatic heterocycles. The van der Waals surface area contributed by atoms with Crippen molar-refractivity contribution >= 4 is 17.7 Å². The zero-order valence-corrected chi connectivity index (χ0v) is 9.54. The number of hydrogen-bond donors (Lipinski definition) is 2. The van der Waals surface area contributed by atoms with Crippen molar-refractivity contribution in [2.24, 2.45) is 11.5 Å². The Kier molecular flexibility index (Phi) is 4.05. The van der Waals surface area contributed by atoms with Crippen LogP contribution in [0.2, 0.25) is 0 Å². The third-order valence-corrected chi connectivity index (χ3v) is 2.69. The highest BCUT2D eigenvalue weighted by Gasteiger charge is 2.10. The van der Waals surface area contributed by atoms with Gasteiger partial charge in [0.1, 0.15) is 0 Å². The number of carbonyl (C=O) groups is 1. The number of primary amides is 1. The maximum absolute atomic E-state index is 10.7. The molecular weight excluding hydrogens is 212 g/mol. The van der Waals surface area contributed by atoms with Crippen molar-refractivity contribution in [1.29, 1.82) is 0 Å². The highest BCUT2D eigenvalue weighted by Crippen LogP contribution is 2.14. The molecule has 1 aromatic rings. The molecule has 15 heavy (non-hydrogen) atoms. The van der Waals surface area contributed by atoms with Crippen molar-refractivity contribution in [3.05, 3.63) is 17.5 Å². The van der Waals surface area contributed by atoms with Crippen molar-refractivity contribution in [3.8, 4) is 0 Å². The largest absolute Gasteiger partial charge is 0.368 e. The summed E-state index contributed by atoms with van der Waals surface area (Å²) < 4.78 is 0. The predicted molar refractivity (Wildman–Crippen MR) is 59.4 cm³/mol. The van der Waals surface area contributed by atoms with Gasteiger partial charge < -0.3 is 11.5 Å². The van der Waals surface area contributed by atoms with E-state index in [1.54, 1.807) is 0 Å². The van der Waals surface area contributed by atoms with Crippen LogP contribution in [0.25, 0.3) is 0 Å². The maximum atomic E-state index is 10.7. The van der Waals surface area contributed by atoms with Crippen LogP contribution in [0.15, 0.2) is 11.2 Å². The summed E-state index contributed by atoms with van der Waals surface area (Å²) in [5.74, 6) is -0.107. The van der Waals surface area contributed by atoms with E-state index in [9.17, 15) is 4.79 Å². The molecular formula is C9H14N4OS. The van der Waals surface area contributed by atoms with Gasteiger partial charge in [0.2, 0.25) is 5.91 Å². The van der Waals surface area contributed by atoms with Gasteiger partial charge in [0.15, 0.2) is 5.16 Å². The molecule has 0 saturated carbocycles. The molecule has 0 bridgehead atoms. The fourth-order valence-electron chi connectivity index (χ4n) is 1.00. The number of nitrogens with zero attached hydrogens (tertiary/aromatic N) is 2. The van der Waals surface area contributed by atoms with E-state index < -0.39 is 11.9 Å². The summed E-state index contributed by atoms with van der Waals surface area (Å²) in [6.07, 6.45) is 0. The Labute approximate surface area is 92.7 Å². The molecule has 4 N–H and O–H groups in total. The number of rotatable bonds is 4. The number of amides is 1. The third-order valence-electron chi connectivity index (χ3n) is 1.72. The monoisotopic (exact) mass is 226 g/mol. The minimum Gasteiger partial charge on any atom is -0.368 e. The van der Waals surface area contributed by atoms with E-state index in [2.05, 4.69) is 9.97 Å². The molecule has 0 aliphatic rings. The van der Waals surface area contributed by atoms with Gasteiger partial charge >= 0.3 is 0 Å². The van der Waals surface area contributed by atoms with E-state index in [0.717, 1.165) is 11.4 Å². The summed E-state index contributed by atoms with van der Waals surface area (Å²) >= 11 is 1.34. The average molecular weight is 226 g/mol. The normalized spacial score (nSPS) is 12.5. The molecule has 0 spiro atoms. The van der Waals surface area contributed by atoms with Gasteiger partial charge in [-0.25, -0.2) is 9.97 Å². The lowest BCUT2D eigenvalue weighted by molar-refractivity contribution is -0.118. The molecule has 6 heteroatoms. The first kappa shape index (κ1) is 11.9. The van der Waals surface area contributed by atoms with E-state index in [0.29, 0.717) is 10.9 Å². The van der Waals surface area contributed by atoms with Crippen LogP contribution < -0.4 is 11.5 Å². The Morgan fingerprint density at radius 3 is 2.47 bits per heavy atom. The van der Waals surface area contributed by atoms with Crippen LogP contribution in [0.4, 0.5) is 0 Å². The lowest BCUT2D eigenvalue weighted by Crippen LogP contribution is -2.38.